The zero-order valence-electron chi connectivity index (χ0n) is 11.4. The Labute approximate surface area is 113 Å². The van der Waals surface area contributed by atoms with E-state index in [1.807, 2.05) is 0 Å². The van der Waals surface area contributed by atoms with Gasteiger partial charge in [0.1, 0.15) is 11.6 Å². The van der Waals surface area contributed by atoms with Crippen LogP contribution < -0.4 is 15.8 Å². The normalized spacial score (nSPS) is 10.6. The summed E-state index contributed by atoms with van der Waals surface area (Å²) in [5.74, 6) is 0.247. The molecule has 19 heavy (non-hydrogen) atoms. The lowest BCUT2D eigenvalue weighted by atomic mass is 10.1. The minimum absolute atomic E-state index is 0.112. The first-order chi connectivity index (χ1) is 9.02. The molecular weight excluding hydrogens is 247 g/mol. The van der Waals surface area contributed by atoms with Crippen LogP contribution in [0.2, 0.25) is 0 Å². The van der Waals surface area contributed by atoms with Crippen molar-refractivity contribution >= 4 is 5.91 Å². The fraction of sp³-hybridized carbons (Fsp3) is 0.500. The van der Waals surface area contributed by atoms with Crippen LogP contribution in [0.4, 0.5) is 4.39 Å². The highest BCUT2D eigenvalue weighted by atomic mass is 19.1. The molecule has 1 amide bonds. The van der Waals surface area contributed by atoms with Crippen LogP contribution in [0.15, 0.2) is 18.2 Å². The maximum absolute atomic E-state index is 13.4. The van der Waals surface area contributed by atoms with E-state index < -0.39 is 5.82 Å². The van der Waals surface area contributed by atoms with Crippen molar-refractivity contribution in [2.24, 2.45) is 11.7 Å². The minimum atomic E-state index is -0.416. The maximum atomic E-state index is 13.4. The maximum Gasteiger partial charge on any atom is 0.257 e. The Bertz CT molecular complexity index is 422. The molecule has 106 valence electrons. The SMILES string of the molecule is CC(C)CCNC(=O)COc1ccc(CN)c(F)c1. The molecule has 5 heteroatoms. The van der Waals surface area contributed by atoms with Gasteiger partial charge in [-0.05, 0) is 18.4 Å². The highest BCUT2D eigenvalue weighted by Gasteiger charge is 2.06. The second-order valence-corrected chi connectivity index (χ2v) is 4.78. The first-order valence-electron chi connectivity index (χ1n) is 6.41. The zero-order valence-corrected chi connectivity index (χ0v) is 11.4. The van der Waals surface area contributed by atoms with E-state index in [-0.39, 0.29) is 19.1 Å². The van der Waals surface area contributed by atoms with Crippen LogP contribution in [0.25, 0.3) is 0 Å². The molecule has 0 aliphatic heterocycles. The van der Waals surface area contributed by atoms with Crippen LogP contribution in [-0.4, -0.2) is 19.1 Å². The summed E-state index contributed by atoms with van der Waals surface area (Å²) >= 11 is 0. The summed E-state index contributed by atoms with van der Waals surface area (Å²) in [6.07, 6.45) is 0.922. The third-order valence-electron chi connectivity index (χ3n) is 2.66. The fourth-order valence-corrected chi connectivity index (χ4v) is 1.48. The quantitative estimate of drug-likeness (QED) is 0.793. The Morgan fingerprint density at radius 1 is 1.47 bits per heavy atom. The number of benzene rings is 1. The van der Waals surface area contributed by atoms with E-state index in [0.29, 0.717) is 23.8 Å². The molecule has 1 rings (SSSR count). The lowest BCUT2D eigenvalue weighted by Gasteiger charge is -2.09. The van der Waals surface area contributed by atoms with E-state index >= 15 is 0 Å². The molecule has 0 aromatic heterocycles. The van der Waals surface area contributed by atoms with Crippen LogP contribution >= 0.6 is 0 Å². The van der Waals surface area contributed by atoms with Crippen LogP contribution in [0, 0.1) is 11.7 Å². The Kier molecular flexibility index (Phi) is 6.29. The van der Waals surface area contributed by atoms with Crippen LogP contribution in [-0.2, 0) is 11.3 Å². The molecule has 0 aliphatic rings. The molecule has 0 saturated carbocycles. The lowest BCUT2D eigenvalue weighted by molar-refractivity contribution is -0.123. The average molecular weight is 268 g/mol. The van der Waals surface area contributed by atoms with Crippen molar-refractivity contribution in [3.8, 4) is 5.75 Å². The van der Waals surface area contributed by atoms with E-state index in [1.165, 1.54) is 6.07 Å². The number of nitrogens with two attached hydrogens (primary N) is 1. The van der Waals surface area contributed by atoms with E-state index in [2.05, 4.69) is 19.2 Å². The number of rotatable bonds is 7. The number of nitrogens with one attached hydrogen (secondary N) is 1. The first kappa shape index (κ1) is 15.4. The largest absolute Gasteiger partial charge is 0.484 e. The van der Waals surface area contributed by atoms with Gasteiger partial charge in [0.2, 0.25) is 0 Å². The molecule has 1 aromatic rings. The Balaban J connectivity index is 2.36. The van der Waals surface area contributed by atoms with E-state index in [1.54, 1.807) is 12.1 Å². The molecule has 0 bridgehead atoms. The molecular formula is C14H21FN2O2. The van der Waals surface area contributed by atoms with Gasteiger partial charge in [-0.1, -0.05) is 19.9 Å². The van der Waals surface area contributed by atoms with Gasteiger partial charge < -0.3 is 15.8 Å². The summed E-state index contributed by atoms with van der Waals surface area (Å²) in [6, 6.07) is 4.40. The molecule has 0 aliphatic carbocycles. The summed E-state index contributed by atoms with van der Waals surface area (Å²) < 4.78 is 18.6. The Hall–Kier alpha value is -1.62. The Morgan fingerprint density at radius 3 is 2.79 bits per heavy atom. The molecule has 4 nitrogen and oxygen atoms in total. The number of hydrogen-bond donors (Lipinski definition) is 2. The summed E-state index contributed by atoms with van der Waals surface area (Å²) in [4.78, 5) is 11.5. The average Bonchev–Trinajstić information content (AvgIpc) is 2.36. The second-order valence-electron chi connectivity index (χ2n) is 4.78. The second kappa shape index (κ2) is 7.74. The number of hydrogen-bond acceptors (Lipinski definition) is 3. The summed E-state index contributed by atoms with van der Waals surface area (Å²) in [5.41, 5.74) is 5.78. The standard InChI is InChI=1S/C14H21FN2O2/c1-10(2)5-6-17-14(18)9-19-12-4-3-11(8-16)13(15)7-12/h3-4,7,10H,5-6,8-9,16H2,1-2H3,(H,17,18). The van der Waals surface area contributed by atoms with Gasteiger partial charge in [-0.25, -0.2) is 4.39 Å². The summed E-state index contributed by atoms with van der Waals surface area (Å²) in [5, 5.41) is 2.74. The van der Waals surface area contributed by atoms with Crippen molar-refractivity contribution in [1.82, 2.24) is 5.32 Å². The van der Waals surface area contributed by atoms with Crippen molar-refractivity contribution in [3.05, 3.63) is 29.6 Å². The fourth-order valence-electron chi connectivity index (χ4n) is 1.48. The number of halogens is 1. The van der Waals surface area contributed by atoms with Gasteiger partial charge in [0, 0.05) is 24.7 Å². The molecule has 0 unspecified atom stereocenters. The van der Waals surface area contributed by atoms with Crippen molar-refractivity contribution < 1.29 is 13.9 Å². The van der Waals surface area contributed by atoms with Gasteiger partial charge in [-0.15, -0.1) is 0 Å². The topological polar surface area (TPSA) is 64.3 Å². The van der Waals surface area contributed by atoms with Gasteiger partial charge >= 0.3 is 0 Å². The molecule has 1 aromatic carbocycles. The number of carbonyl (C=O) groups excluding carboxylic acids is 1. The smallest absolute Gasteiger partial charge is 0.257 e. The van der Waals surface area contributed by atoms with Crippen molar-refractivity contribution in [1.29, 1.82) is 0 Å². The van der Waals surface area contributed by atoms with Crippen molar-refractivity contribution in [2.75, 3.05) is 13.2 Å². The monoisotopic (exact) mass is 268 g/mol. The van der Waals surface area contributed by atoms with Gasteiger partial charge in [0.15, 0.2) is 6.61 Å². The third-order valence-corrected chi connectivity index (χ3v) is 2.66. The van der Waals surface area contributed by atoms with E-state index in [4.69, 9.17) is 10.5 Å². The molecule has 0 saturated heterocycles. The highest BCUT2D eigenvalue weighted by molar-refractivity contribution is 5.77. The molecule has 0 fully saturated rings. The third kappa shape index (κ3) is 5.70. The van der Waals surface area contributed by atoms with Gasteiger partial charge in [-0.3, -0.25) is 4.79 Å². The van der Waals surface area contributed by atoms with E-state index in [0.717, 1.165) is 6.42 Å². The molecule has 0 heterocycles. The predicted octanol–water partition coefficient (Wildman–Crippen LogP) is 1.83. The molecule has 0 spiro atoms. The number of carbonyl (C=O) groups is 1. The van der Waals surface area contributed by atoms with Gasteiger partial charge in [-0.2, -0.15) is 0 Å². The predicted molar refractivity (Wildman–Crippen MR) is 72.3 cm³/mol. The van der Waals surface area contributed by atoms with E-state index in [9.17, 15) is 9.18 Å². The Morgan fingerprint density at radius 2 is 2.21 bits per heavy atom. The molecule has 0 atom stereocenters. The number of ether oxygens (including phenoxy) is 1. The molecule has 3 N–H and O–H groups in total. The van der Waals surface area contributed by atoms with Crippen LogP contribution in [0.1, 0.15) is 25.8 Å². The van der Waals surface area contributed by atoms with Crippen LogP contribution in [0.5, 0.6) is 5.75 Å². The minimum Gasteiger partial charge on any atom is -0.484 e. The number of amides is 1. The van der Waals surface area contributed by atoms with Gasteiger partial charge in [0.25, 0.3) is 5.91 Å². The van der Waals surface area contributed by atoms with Crippen molar-refractivity contribution in [2.45, 2.75) is 26.8 Å². The first-order valence-corrected chi connectivity index (χ1v) is 6.41. The highest BCUT2D eigenvalue weighted by Crippen LogP contribution is 2.16. The summed E-state index contributed by atoms with van der Waals surface area (Å²) in [7, 11) is 0. The van der Waals surface area contributed by atoms with Gasteiger partial charge in [0.05, 0.1) is 0 Å². The summed E-state index contributed by atoms with van der Waals surface area (Å²) in [6.45, 7) is 4.83. The molecule has 0 radical (unpaired) electrons. The van der Waals surface area contributed by atoms with Crippen molar-refractivity contribution in [3.63, 3.8) is 0 Å². The van der Waals surface area contributed by atoms with Crippen LogP contribution in [0.3, 0.4) is 0 Å². The zero-order chi connectivity index (χ0) is 14.3. The lowest BCUT2D eigenvalue weighted by Crippen LogP contribution is -2.30.